The number of aryl methyl sites for hydroxylation is 1. The van der Waals surface area contributed by atoms with Crippen LogP contribution in [0.5, 0.6) is 5.75 Å². The van der Waals surface area contributed by atoms with E-state index in [2.05, 4.69) is 24.4 Å². The zero-order chi connectivity index (χ0) is 22.0. The molecule has 164 valence electrons. The predicted octanol–water partition coefficient (Wildman–Crippen LogP) is 3.60. The smallest absolute Gasteiger partial charge is 0.240 e. The van der Waals surface area contributed by atoms with Crippen LogP contribution in [0.4, 0.5) is 5.69 Å². The molecular weight excluding hydrogens is 420 g/mol. The Kier molecular flexibility index (Phi) is 9.52. The molecule has 1 N–H and O–H groups in total. The Morgan fingerprint density at radius 2 is 1.83 bits per heavy atom. The Labute approximate surface area is 184 Å². The maximum atomic E-state index is 12.4. The molecule has 8 heteroatoms. The molecule has 0 aliphatic carbocycles. The van der Waals surface area contributed by atoms with Crippen LogP contribution < -0.4 is 14.4 Å². The summed E-state index contributed by atoms with van der Waals surface area (Å²) in [5.74, 6) is 1.95. The highest BCUT2D eigenvalue weighted by atomic mass is 32.2. The van der Waals surface area contributed by atoms with Crippen LogP contribution in [0.25, 0.3) is 0 Å². The summed E-state index contributed by atoms with van der Waals surface area (Å²) >= 11 is 1.82. The van der Waals surface area contributed by atoms with E-state index in [0.29, 0.717) is 24.6 Å². The van der Waals surface area contributed by atoms with Crippen LogP contribution in [0.15, 0.2) is 48.5 Å². The molecule has 0 unspecified atom stereocenters. The number of nitrogens with one attached hydrogen (secondary N) is 1. The van der Waals surface area contributed by atoms with Gasteiger partial charge in [-0.05, 0) is 49.3 Å². The van der Waals surface area contributed by atoms with Crippen molar-refractivity contribution in [2.24, 2.45) is 0 Å². The lowest BCUT2D eigenvalue weighted by Crippen LogP contribution is -2.40. The SMILES string of the molecule is CCOc1ccccc1N(CC(=O)NCCCSCc1ccccc1C)S(C)(=O)=O. The molecule has 6 nitrogen and oxygen atoms in total. The van der Waals surface area contributed by atoms with E-state index in [1.165, 1.54) is 11.1 Å². The summed E-state index contributed by atoms with van der Waals surface area (Å²) in [5.41, 5.74) is 2.97. The summed E-state index contributed by atoms with van der Waals surface area (Å²) < 4.78 is 31.2. The van der Waals surface area contributed by atoms with Gasteiger partial charge < -0.3 is 10.1 Å². The molecule has 0 aliphatic rings. The summed E-state index contributed by atoms with van der Waals surface area (Å²) in [7, 11) is -3.64. The first-order valence-corrected chi connectivity index (χ1v) is 12.9. The van der Waals surface area contributed by atoms with E-state index < -0.39 is 10.0 Å². The second-order valence-corrected chi connectivity index (χ2v) is 9.86. The summed E-state index contributed by atoms with van der Waals surface area (Å²) in [6, 6.07) is 15.1. The highest BCUT2D eigenvalue weighted by Gasteiger charge is 2.23. The summed E-state index contributed by atoms with van der Waals surface area (Å²) in [6.07, 6.45) is 1.90. The van der Waals surface area contributed by atoms with E-state index in [4.69, 9.17) is 4.74 Å². The van der Waals surface area contributed by atoms with Crippen LogP contribution in [-0.4, -0.2) is 46.0 Å². The van der Waals surface area contributed by atoms with Crippen molar-refractivity contribution in [1.29, 1.82) is 0 Å². The summed E-state index contributed by atoms with van der Waals surface area (Å²) in [6.45, 7) is 4.56. The van der Waals surface area contributed by atoms with Gasteiger partial charge in [0, 0.05) is 12.3 Å². The average molecular weight is 451 g/mol. The number of nitrogens with zero attached hydrogens (tertiary/aromatic N) is 1. The lowest BCUT2D eigenvalue weighted by Gasteiger charge is -2.24. The molecule has 0 aliphatic heterocycles. The van der Waals surface area contributed by atoms with E-state index >= 15 is 0 Å². The van der Waals surface area contributed by atoms with Gasteiger partial charge in [-0.2, -0.15) is 11.8 Å². The van der Waals surface area contributed by atoms with Crippen molar-refractivity contribution in [3.63, 3.8) is 0 Å². The lowest BCUT2D eigenvalue weighted by molar-refractivity contribution is -0.119. The molecule has 2 rings (SSSR count). The van der Waals surface area contributed by atoms with Gasteiger partial charge in [0.25, 0.3) is 0 Å². The maximum absolute atomic E-state index is 12.4. The second-order valence-electron chi connectivity index (χ2n) is 6.85. The number of hydrogen-bond acceptors (Lipinski definition) is 5. The second kappa shape index (κ2) is 11.9. The van der Waals surface area contributed by atoms with Gasteiger partial charge in [0.05, 0.1) is 18.6 Å². The monoisotopic (exact) mass is 450 g/mol. The standard InChI is InChI=1S/C22H30N2O4S2/c1-4-28-21-13-8-7-12-20(21)24(30(3,26)27)16-22(25)23-14-9-15-29-17-19-11-6-5-10-18(19)2/h5-8,10-13H,4,9,14-17H2,1-3H3,(H,23,25). The first kappa shape index (κ1) is 24.1. The molecule has 0 bridgehead atoms. The number of sulfonamides is 1. The van der Waals surface area contributed by atoms with Crippen LogP contribution in [0.1, 0.15) is 24.5 Å². The molecule has 2 aromatic carbocycles. The summed E-state index contributed by atoms with van der Waals surface area (Å²) in [5, 5.41) is 2.82. The third kappa shape index (κ3) is 7.57. The molecule has 0 heterocycles. The Bertz CT molecular complexity index is 932. The third-order valence-electron chi connectivity index (χ3n) is 4.43. The average Bonchev–Trinajstić information content (AvgIpc) is 2.70. The van der Waals surface area contributed by atoms with Crippen LogP contribution in [0, 0.1) is 6.92 Å². The van der Waals surface area contributed by atoms with Crippen molar-refractivity contribution in [3.8, 4) is 5.75 Å². The molecule has 0 spiro atoms. The van der Waals surface area contributed by atoms with Gasteiger partial charge in [0.15, 0.2) is 0 Å². The van der Waals surface area contributed by atoms with Gasteiger partial charge in [-0.1, -0.05) is 36.4 Å². The molecule has 0 aromatic heterocycles. The molecule has 0 saturated heterocycles. The van der Waals surface area contributed by atoms with E-state index in [1.54, 1.807) is 24.3 Å². The quantitative estimate of drug-likeness (QED) is 0.500. The first-order valence-electron chi connectivity index (χ1n) is 9.91. The molecule has 0 atom stereocenters. The fourth-order valence-corrected chi connectivity index (χ4v) is 4.76. The topological polar surface area (TPSA) is 75.7 Å². The van der Waals surface area contributed by atoms with Crippen LogP contribution in [0.3, 0.4) is 0 Å². The molecule has 0 radical (unpaired) electrons. The van der Waals surface area contributed by atoms with Gasteiger partial charge in [-0.25, -0.2) is 8.42 Å². The van der Waals surface area contributed by atoms with E-state index in [0.717, 1.165) is 28.5 Å². The van der Waals surface area contributed by atoms with Crippen molar-refractivity contribution in [1.82, 2.24) is 5.32 Å². The predicted molar refractivity (Wildman–Crippen MR) is 125 cm³/mol. The Hall–Kier alpha value is -2.19. The normalized spacial score (nSPS) is 11.2. The van der Waals surface area contributed by atoms with Crippen LogP contribution in [-0.2, 0) is 20.6 Å². The highest BCUT2D eigenvalue weighted by molar-refractivity contribution is 7.98. The van der Waals surface area contributed by atoms with Crippen molar-refractivity contribution >= 4 is 33.4 Å². The van der Waals surface area contributed by atoms with E-state index in [1.807, 2.05) is 30.8 Å². The molecule has 2 aromatic rings. The number of ether oxygens (including phenoxy) is 1. The van der Waals surface area contributed by atoms with Gasteiger partial charge >= 0.3 is 0 Å². The minimum Gasteiger partial charge on any atom is -0.492 e. The molecule has 0 fully saturated rings. The number of amides is 1. The fourth-order valence-electron chi connectivity index (χ4n) is 2.86. The number of benzene rings is 2. The highest BCUT2D eigenvalue weighted by Crippen LogP contribution is 2.29. The molecule has 30 heavy (non-hydrogen) atoms. The van der Waals surface area contributed by atoms with Crippen molar-refractivity contribution in [2.75, 3.05) is 36.0 Å². The number of thioether (sulfide) groups is 1. The van der Waals surface area contributed by atoms with E-state index in [9.17, 15) is 13.2 Å². The van der Waals surface area contributed by atoms with Gasteiger partial charge in [0.2, 0.25) is 15.9 Å². The number of para-hydroxylation sites is 2. The minimum atomic E-state index is -3.64. The van der Waals surface area contributed by atoms with Crippen molar-refractivity contribution < 1.29 is 17.9 Å². The number of anilines is 1. The van der Waals surface area contributed by atoms with Crippen LogP contribution in [0.2, 0.25) is 0 Å². The Morgan fingerprint density at radius 1 is 1.13 bits per heavy atom. The van der Waals surface area contributed by atoms with Gasteiger partial charge in [0.1, 0.15) is 12.3 Å². The number of hydrogen-bond donors (Lipinski definition) is 1. The van der Waals surface area contributed by atoms with Crippen molar-refractivity contribution in [2.45, 2.75) is 26.0 Å². The first-order chi connectivity index (χ1) is 14.3. The minimum absolute atomic E-state index is 0.278. The zero-order valence-corrected chi connectivity index (χ0v) is 19.4. The molecule has 1 amide bonds. The van der Waals surface area contributed by atoms with Crippen LogP contribution >= 0.6 is 11.8 Å². The Balaban J connectivity index is 1.83. The zero-order valence-electron chi connectivity index (χ0n) is 17.8. The summed E-state index contributed by atoms with van der Waals surface area (Å²) in [4.78, 5) is 12.4. The maximum Gasteiger partial charge on any atom is 0.240 e. The van der Waals surface area contributed by atoms with Gasteiger partial charge in [-0.15, -0.1) is 0 Å². The molecular formula is C22H30N2O4S2. The van der Waals surface area contributed by atoms with E-state index in [-0.39, 0.29) is 12.5 Å². The third-order valence-corrected chi connectivity index (χ3v) is 6.65. The fraction of sp³-hybridized carbons (Fsp3) is 0.409. The number of carbonyl (C=O) groups excluding carboxylic acids is 1. The Morgan fingerprint density at radius 3 is 2.53 bits per heavy atom. The lowest BCUT2D eigenvalue weighted by atomic mass is 10.1. The van der Waals surface area contributed by atoms with Gasteiger partial charge in [-0.3, -0.25) is 9.10 Å². The number of carbonyl (C=O) groups is 1. The largest absolute Gasteiger partial charge is 0.492 e. The number of rotatable bonds is 12. The molecule has 0 saturated carbocycles. The van der Waals surface area contributed by atoms with Crippen molar-refractivity contribution in [3.05, 3.63) is 59.7 Å².